The van der Waals surface area contributed by atoms with Gasteiger partial charge in [-0.15, -0.1) is 0 Å². The van der Waals surface area contributed by atoms with Crippen molar-refractivity contribution in [1.29, 1.82) is 0 Å². The fourth-order valence-electron chi connectivity index (χ4n) is 4.79. The van der Waals surface area contributed by atoms with Crippen LogP contribution in [0.1, 0.15) is 50.6 Å². The zero-order valence-corrected chi connectivity index (χ0v) is 19.2. The highest BCUT2D eigenvalue weighted by atomic mass is 16.5. The molecule has 3 heterocycles. The van der Waals surface area contributed by atoms with E-state index >= 15 is 0 Å². The zero-order chi connectivity index (χ0) is 22.8. The summed E-state index contributed by atoms with van der Waals surface area (Å²) in [7, 11) is 0. The van der Waals surface area contributed by atoms with Crippen LogP contribution in [0.4, 0.5) is 0 Å². The second kappa shape index (κ2) is 8.98. The van der Waals surface area contributed by atoms with Gasteiger partial charge in [0.25, 0.3) is 0 Å². The Morgan fingerprint density at radius 2 is 1.82 bits per heavy atom. The minimum absolute atomic E-state index is 0.0157. The van der Waals surface area contributed by atoms with Crippen molar-refractivity contribution < 1.29 is 14.1 Å². The number of carbonyl (C=O) groups excluding carboxylic acids is 1. The molecule has 1 N–H and O–H groups in total. The van der Waals surface area contributed by atoms with Crippen LogP contribution in [0.2, 0.25) is 0 Å². The van der Waals surface area contributed by atoms with Crippen molar-refractivity contribution in [2.75, 3.05) is 13.1 Å². The van der Waals surface area contributed by atoms with Crippen molar-refractivity contribution in [2.45, 2.75) is 51.3 Å². The summed E-state index contributed by atoms with van der Waals surface area (Å²) in [6.45, 7) is 6.41. The molecular weight excluding hydrogens is 416 g/mol. The van der Waals surface area contributed by atoms with Crippen LogP contribution < -0.4 is 10.1 Å². The average Bonchev–Trinajstić information content (AvgIpc) is 3.28. The zero-order valence-electron chi connectivity index (χ0n) is 19.2. The van der Waals surface area contributed by atoms with E-state index in [2.05, 4.69) is 34.2 Å². The summed E-state index contributed by atoms with van der Waals surface area (Å²) in [4.78, 5) is 19.9. The van der Waals surface area contributed by atoms with Crippen LogP contribution in [0.15, 0.2) is 59.1 Å². The molecule has 1 fully saturated rings. The van der Waals surface area contributed by atoms with Gasteiger partial charge >= 0.3 is 0 Å². The van der Waals surface area contributed by atoms with Crippen molar-refractivity contribution in [3.8, 4) is 17.1 Å². The molecule has 1 saturated heterocycles. The van der Waals surface area contributed by atoms with Crippen molar-refractivity contribution in [2.24, 2.45) is 5.92 Å². The summed E-state index contributed by atoms with van der Waals surface area (Å²) in [5.41, 5.74) is 1.70. The number of hydrogen-bond acceptors (Lipinski definition) is 6. The minimum atomic E-state index is -0.307. The van der Waals surface area contributed by atoms with Gasteiger partial charge in [0.15, 0.2) is 0 Å². The highest BCUT2D eigenvalue weighted by Gasteiger charge is 2.36. The number of carbonyl (C=O) groups is 1. The van der Waals surface area contributed by atoms with Crippen molar-refractivity contribution in [3.05, 3.63) is 66.1 Å². The van der Waals surface area contributed by atoms with Gasteiger partial charge in [-0.05, 0) is 45.8 Å². The van der Waals surface area contributed by atoms with E-state index in [1.54, 1.807) is 0 Å². The van der Waals surface area contributed by atoms with E-state index in [9.17, 15) is 4.79 Å². The van der Waals surface area contributed by atoms with Crippen LogP contribution in [0, 0.1) is 5.92 Å². The minimum Gasteiger partial charge on any atom is -0.487 e. The Kier molecular flexibility index (Phi) is 5.89. The van der Waals surface area contributed by atoms with E-state index in [1.165, 1.54) is 0 Å². The van der Waals surface area contributed by atoms with E-state index in [1.807, 2.05) is 54.6 Å². The number of piperidine rings is 1. The summed E-state index contributed by atoms with van der Waals surface area (Å²) in [5, 5.41) is 7.41. The molecule has 5 rings (SSSR count). The van der Waals surface area contributed by atoms with Gasteiger partial charge < -0.3 is 14.6 Å². The lowest BCUT2D eigenvalue weighted by Crippen LogP contribution is -2.45. The standard InChI is InChI=1S/C26H30N4O3/c1-26(2)16-21(20-10-6-7-11-22(20)32-26)27-25(31)19-12-14-30(15-13-19)17-23-28-24(29-33-23)18-8-4-3-5-9-18/h3-11,19,21H,12-17H2,1-2H3,(H,27,31). The molecule has 0 radical (unpaired) electrons. The van der Waals surface area contributed by atoms with Gasteiger partial charge in [-0.25, -0.2) is 0 Å². The molecule has 2 aliphatic rings. The summed E-state index contributed by atoms with van der Waals surface area (Å²) >= 11 is 0. The number of nitrogens with zero attached hydrogens (tertiary/aromatic N) is 3. The van der Waals surface area contributed by atoms with Gasteiger partial charge in [-0.3, -0.25) is 9.69 Å². The van der Waals surface area contributed by atoms with Crippen LogP contribution >= 0.6 is 0 Å². The molecule has 0 spiro atoms. The summed E-state index contributed by atoms with van der Waals surface area (Å²) in [6.07, 6.45) is 2.40. The number of rotatable bonds is 5. The van der Waals surface area contributed by atoms with Crippen molar-refractivity contribution >= 4 is 5.91 Å². The Morgan fingerprint density at radius 3 is 2.61 bits per heavy atom. The Labute approximate surface area is 194 Å². The number of hydrogen-bond donors (Lipinski definition) is 1. The van der Waals surface area contributed by atoms with Gasteiger partial charge in [0, 0.05) is 23.5 Å². The van der Waals surface area contributed by atoms with Gasteiger partial charge in [-0.1, -0.05) is 53.7 Å². The number of ether oxygens (including phenoxy) is 1. The molecular formula is C26H30N4O3. The van der Waals surface area contributed by atoms with Gasteiger partial charge in [0.05, 0.1) is 12.6 Å². The topological polar surface area (TPSA) is 80.5 Å². The molecule has 7 heteroatoms. The maximum atomic E-state index is 13.1. The lowest BCUT2D eigenvalue weighted by atomic mass is 9.88. The number of likely N-dealkylation sites (tertiary alicyclic amines) is 1. The van der Waals surface area contributed by atoms with Crippen LogP contribution in [0.25, 0.3) is 11.4 Å². The van der Waals surface area contributed by atoms with E-state index in [4.69, 9.17) is 9.26 Å². The quantitative estimate of drug-likeness (QED) is 0.627. The fraction of sp³-hybridized carbons (Fsp3) is 0.423. The summed E-state index contributed by atoms with van der Waals surface area (Å²) in [5.74, 6) is 2.24. The third-order valence-electron chi connectivity index (χ3n) is 6.51. The van der Waals surface area contributed by atoms with Gasteiger partial charge in [0.2, 0.25) is 17.6 Å². The molecule has 1 amide bonds. The second-order valence-electron chi connectivity index (χ2n) is 9.59. The first kappa shape index (κ1) is 21.6. The lowest BCUT2D eigenvalue weighted by molar-refractivity contribution is -0.127. The number of nitrogens with one attached hydrogen (secondary N) is 1. The molecule has 0 aliphatic carbocycles. The van der Waals surface area contributed by atoms with E-state index in [0.717, 1.165) is 49.2 Å². The largest absolute Gasteiger partial charge is 0.487 e. The molecule has 172 valence electrons. The SMILES string of the molecule is CC1(C)CC(NC(=O)C2CCN(Cc3nc(-c4ccccc4)no3)CC2)c2ccccc2O1. The van der Waals surface area contributed by atoms with Gasteiger partial charge in [0.1, 0.15) is 11.4 Å². The summed E-state index contributed by atoms with van der Waals surface area (Å²) in [6, 6.07) is 17.8. The molecule has 3 aromatic rings. The third kappa shape index (κ3) is 4.93. The monoisotopic (exact) mass is 446 g/mol. The summed E-state index contributed by atoms with van der Waals surface area (Å²) < 4.78 is 11.6. The number of amides is 1. The number of fused-ring (bicyclic) bond motifs is 1. The molecule has 0 saturated carbocycles. The Balaban J connectivity index is 1.16. The predicted molar refractivity (Wildman–Crippen MR) is 124 cm³/mol. The Bertz CT molecular complexity index is 1100. The molecule has 1 atom stereocenters. The maximum absolute atomic E-state index is 13.1. The van der Waals surface area contributed by atoms with Crippen LogP contribution in [-0.2, 0) is 11.3 Å². The first-order valence-electron chi connectivity index (χ1n) is 11.7. The highest BCUT2D eigenvalue weighted by molar-refractivity contribution is 5.79. The normalized spacial score (nSPS) is 20.6. The lowest BCUT2D eigenvalue weighted by Gasteiger charge is -2.39. The van der Waals surface area contributed by atoms with Crippen molar-refractivity contribution in [1.82, 2.24) is 20.4 Å². The smallest absolute Gasteiger partial charge is 0.241 e. The average molecular weight is 447 g/mol. The second-order valence-corrected chi connectivity index (χ2v) is 9.59. The van der Waals surface area contributed by atoms with Gasteiger partial charge in [-0.2, -0.15) is 4.98 Å². The number of para-hydroxylation sites is 1. The first-order chi connectivity index (χ1) is 16.0. The van der Waals surface area contributed by atoms with Crippen molar-refractivity contribution in [3.63, 3.8) is 0 Å². The molecule has 2 aliphatic heterocycles. The van der Waals surface area contributed by atoms with Crippen LogP contribution in [0.3, 0.4) is 0 Å². The third-order valence-corrected chi connectivity index (χ3v) is 6.51. The molecule has 7 nitrogen and oxygen atoms in total. The van der Waals surface area contributed by atoms with Crippen LogP contribution in [0.5, 0.6) is 5.75 Å². The molecule has 2 aromatic carbocycles. The van der Waals surface area contributed by atoms with E-state index in [-0.39, 0.29) is 23.5 Å². The molecule has 1 unspecified atom stereocenters. The Hall–Kier alpha value is -3.19. The van der Waals surface area contributed by atoms with Crippen LogP contribution in [-0.4, -0.2) is 39.6 Å². The molecule has 1 aromatic heterocycles. The molecule has 33 heavy (non-hydrogen) atoms. The maximum Gasteiger partial charge on any atom is 0.241 e. The number of aromatic nitrogens is 2. The molecule has 0 bridgehead atoms. The van der Waals surface area contributed by atoms with E-state index < -0.39 is 0 Å². The highest BCUT2D eigenvalue weighted by Crippen LogP contribution is 2.39. The fourth-order valence-corrected chi connectivity index (χ4v) is 4.79. The Morgan fingerprint density at radius 1 is 1.09 bits per heavy atom. The predicted octanol–water partition coefficient (Wildman–Crippen LogP) is 4.37. The number of benzene rings is 2. The first-order valence-corrected chi connectivity index (χ1v) is 11.7. The van der Waals surface area contributed by atoms with E-state index in [0.29, 0.717) is 18.3 Å².